The smallest absolute Gasteiger partial charge is 0.116 e. The van der Waals surface area contributed by atoms with Crippen LogP contribution in [0.4, 0.5) is 0 Å². The standard InChI is InChI=1S/C10H16N2/c1-2-6-10(9-11)12-7-4-3-5-8-12/h2,6,10H,3-5,7-8H2,1H3. The minimum absolute atomic E-state index is 0.00954. The van der Waals surface area contributed by atoms with E-state index in [1.165, 1.54) is 19.3 Å². The molecule has 0 bridgehead atoms. The maximum Gasteiger partial charge on any atom is 0.116 e. The van der Waals surface area contributed by atoms with Gasteiger partial charge in [0, 0.05) is 0 Å². The van der Waals surface area contributed by atoms with Crippen molar-refractivity contribution < 1.29 is 0 Å². The molecule has 1 atom stereocenters. The number of nitrogens with zero attached hydrogens (tertiary/aromatic N) is 2. The molecule has 0 saturated carbocycles. The van der Waals surface area contributed by atoms with Gasteiger partial charge in [0.15, 0.2) is 0 Å². The highest BCUT2D eigenvalue weighted by atomic mass is 15.1. The van der Waals surface area contributed by atoms with E-state index in [0.717, 1.165) is 13.1 Å². The number of piperidine rings is 1. The molecule has 1 fully saturated rings. The molecular formula is C10H16N2. The van der Waals surface area contributed by atoms with Crippen molar-refractivity contribution in [2.45, 2.75) is 32.2 Å². The van der Waals surface area contributed by atoms with Gasteiger partial charge in [-0.25, -0.2) is 0 Å². The minimum Gasteiger partial charge on any atom is -0.285 e. The molecule has 1 aliphatic rings. The Labute approximate surface area is 74.5 Å². The number of hydrogen-bond donors (Lipinski definition) is 0. The van der Waals surface area contributed by atoms with Crippen molar-refractivity contribution in [3.63, 3.8) is 0 Å². The Kier molecular flexibility index (Phi) is 3.83. The van der Waals surface area contributed by atoms with Gasteiger partial charge >= 0.3 is 0 Å². The summed E-state index contributed by atoms with van der Waals surface area (Å²) in [5.74, 6) is 0. The number of allylic oxidation sites excluding steroid dienone is 1. The zero-order valence-corrected chi connectivity index (χ0v) is 7.66. The SMILES string of the molecule is CC=CC(C#N)N1CCCCC1. The maximum absolute atomic E-state index is 8.87. The molecule has 0 spiro atoms. The zero-order valence-electron chi connectivity index (χ0n) is 7.66. The lowest BCUT2D eigenvalue weighted by molar-refractivity contribution is 0.219. The van der Waals surface area contributed by atoms with Gasteiger partial charge in [-0.05, 0) is 32.9 Å². The molecule has 2 heteroatoms. The Morgan fingerprint density at radius 1 is 1.33 bits per heavy atom. The van der Waals surface area contributed by atoms with Gasteiger partial charge in [-0.2, -0.15) is 5.26 Å². The van der Waals surface area contributed by atoms with Crippen molar-refractivity contribution in [1.29, 1.82) is 5.26 Å². The van der Waals surface area contributed by atoms with Crippen LogP contribution in [0.5, 0.6) is 0 Å². The van der Waals surface area contributed by atoms with E-state index in [0.29, 0.717) is 0 Å². The van der Waals surface area contributed by atoms with Crippen LogP contribution in [0.1, 0.15) is 26.2 Å². The van der Waals surface area contributed by atoms with Crippen molar-refractivity contribution in [2.24, 2.45) is 0 Å². The molecule has 0 radical (unpaired) electrons. The molecule has 0 aromatic rings. The summed E-state index contributed by atoms with van der Waals surface area (Å²) in [7, 11) is 0. The van der Waals surface area contributed by atoms with Crippen LogP contribution >= 0.6 is 0 Å². The fraction of sp³-hybridized carbons (Fsp3) is 0.700. The topological polar surface area (TPSA) is 27.0 Å². The molecule has 0 aromatic heterocycles. The molecule has 1 rings (SSSR count). The molecule has 1 aliphatic heterocycles. The number of likely N-dealkylation sites (tertiary alicyclic amines) is 1. The Bertz CT molecular complexity index is 185. The lowest BCUT2D eigenvalue weighted by atomic mass is 10.1. The quantitative estimate of drug-likeness (QED) is 0.583. The van der Waals surface area contributed by atoms with E-state index in [1.54, 1.807) is 0 Å². The molecule has 2 nitrogen and oxygen atoms in total. The van der Waals surface area contributed by atoms with E-state index >= 15 is 0 Å². The average Bonchev–Trinajstić information content (AvgIpc) is 2.15. The fourth-order valence-electron chi connectivity index (χ4n) is 1.63. The van der Waals surface area contributed by atoms with Crippen LogP contribution in [0.2, 0.25) is 0 Å². The van der Waals surface area contributed by atoms with E-state index < -0.39 is 0 Å². The van der Waals surface area contributed by atoms with Gasteiger partial charge in [-0.1, -0.05) is 18.6 Å². The third-order valence-electron chi connectivity index (χ3n) is 2.29. The second kappa shape index (κ2) is 4.95. The molecule has 0 aliphatic carbocycles. The van der Waals surface area contributed by atoms with Crippen molar-refractivity contribution in [3.05, 3.63) is 12.2 Å². The first-order valence-electron chi connectivity index (χ1n) is 4.65. The highest BCUT2D eigenvalue weighted by Gasteiger charge is 2.16. The molecule has 0 aromatic carbocycles. The summed E-state index contributed by atoms with van der Waals surface area (Å²) >= 11 is 0. The average molecular weight is 164 g/mol. The second-order valence-electron chi connectivity index (χ2n) is 3.20. The zero-order chi connectivity index (χ0) is 8.81. The highest BCUT2D eigenvalue weighted by Crippen LogP contribution is 2.12. The number of nitriles is 1. The Morgan fingerprint density at radius 3 is 2.50 bits per heavy atom. The third kappa shape index (κ3) is 2.35. The van der Waals surface area contributed by atoms with Gasteiger partial charge < -0.3 is 0 Å². The van der Waals surface area contributed by atoms with Crippen LogP contribution in [0.15, 0.2) is 12.2 Å². The summed E-state index contributed by atoms with van der Waals surface area (Å²) in [6.07, 6.45) is 7.75. The van der Waals surface area contributed by atoms with Gasteiger partial charge in [0.2, 0.25) is 0 Å². The molecule has 12 heavy (non-hydrogen) atoms. The first kappa shape index (κ1) is 9.28. The minimum atomic E-state index is 0.00954. The van der Waals surface area contributed by atoms with Crippen LogP contribution in [0, 0.1) is 11.3 Å². The summed E-state index contributed by atoms with van der Waals surface area (Å²) in [6, 6.07) is 2.32. The molecule has 0 N–H and O–H groups in total. The summed E-state index contributed by atoms with van der Waals surface area (Å²) in [6.45, 7) is 4.14. The van der Waals surface area contributed by atoms with E-state index in [2.05, 4.69) is 11.0 Å². The molecule has 0 amide bonds. The lowest BCUT2D eigenvalue weighted by Gasteiger charge is -2.28. The highest BCUT2D eigenvalue weighted by molar-refractivity contribution is 5.06. The van der Waals surface area contributed by atoms with Crippen LogP contribution < -0.4 is 0 Å². The second-order valence-corrected chi connectivity index (χ2v) is 3.20. The van der Waals surface area contributed by atoms with Crippen molar-refractivity contribution in [1.82, 2.24) is 4.90 Å². The van der Waals surface area contributed by atoms with Gasteiger partial charge in [0.05, 0.1) is 6.07 Å². The van der Waals surface area contributed by atoms with E-state index in [1.807, 2.05) is 19.1 Å². The maximum atomic E-state index is 8.87. The largest absolute Gasteiger partial charge is 0.285 e. The summed E-state index contributed by atoms with van der Waals surface area (Å²) in [5, 5.41) is 8.87. The first-order valence-corrected chi connectivity index (χ1v) is 4.65. The molecular weight excluding hydrogens is 148 g/mol. The van der Waals surface area contributed by atoms with Crippen molar-refractivity contribution >= 4 is 0 Å². The van der Waals surface area contributed by atoms with E-state index in [-0.39, 0.29) is 6.04 Å². The van der Waals surface area contributed by atoms with Crippen LogP contribution in [-0.4, -0.2) is 24.0 Å². The normalized spacial score (nSPS) is 22.3. The predicted molar refractivity (Wildman–Crippen MR) is 49.6 cm³/mol. The molecule has 66 valence electrons. The summed E-state index contributed by atoms with van der Waals surface area (Å²) in [5.41, 5.74) is 0. The van der Waals surface area contributed by atoms with Gasteiger partial charge in [-0.15, -0.1) is 0 Å². The van der Waals surface area contributed by atoms with Gasteiger partial charge in [0.1, 0.15) is 6.04 Å². The van der Waals surface area contributed by atoms with Crippen molar-refractivity contribution in [2.75, 3.05) is 13.1 Å². The van der Waals surface area contributed by atoms with Crippen LogP contribution in [0.25, 0.3) is 0 Å². The lowest BCUT2D eigenvalue weighted by Crippen LogP contribution is -2.37. The summed E-state index contributed by atoms with van der Waals surface area (Å²) < 4.78 is 0. The van der Waals surface area contributed by atoms with Crippen LogP contribution in [-0.2, 0) is 0 Å². The van der Waals surface area contributed by atoms with E-state index in [9.17, 15) is 0 Å². The van der Waals surface area contributed by atoms with Crippen LogP contribution in [0.3, 0.4) is 0 Å². The summed E-state index contributed by atoms with van der Waals surface area (Å²) in [4.78, 5) is 2.25. The number of rotatable bonds is 2. The van der Waals surface area contributed by atoms with Gasteiger partial charge in [-0.3, -0.25) is 4.90 Å². The third-order valence-corrected chi connectivity index (χ3v) is 2.29. The Balaban J connectivity index is 2.47. The first-order chi connectivity index (χ1) is 5.88. The monoisotopic (exact) mass is 164 g/mol. The number of hydrogen-bond acceptors (Lipinski definition) is 2. The Morgan fingerprint density at radius 2 is 2.00 bits per heavy atom. The molecule has 1 saturated heterocycles. The van der Waals surface area contributed by atoms with Gasteiger partial charge in [0.25, 0.3) is 0 Å². The van der Waals surface area contributed by atoms with Crippen molar-refractivity contribution in [3.8, 4) is 6.07 Å². The molecule has 1 unspecified atom stereocenters. The predicted octanol–water partition coefficient (Wildman–Crippen LogP) is 1.94. The fourth-order valence-corrected chi connectivity index (χ4v) is 1.63. The molecule has 1 heterocycles. The Hall–Kier alpha value is -0.810. The van der Waals surface area contributed by atoms with E-state index in [4.69, 9.17) is 5.26 Å².